The van der Waals surface area contributed by atoms with Gasteiger partial charge in [0.25, 0.3) is 0 Å². The van der Waals surface area contributed by atoms with Crippen LogP contribution in [0, 0.1) is 0 Å². The molecule has 5 heteroatoms. The van der Waals surface area contributed by atoms with Crippen molar-refractivity contribution in [1.29, 1.82) is 0 Å². The van der Waals surface area contributed by atoms with E-state index in [9.17, 15) is 0 Å². The van der Waals surface area contributed by atoms with E-state index in [-0.39, 0.29) is 0 Å². The van der Waals surface area contributed by atoms with Crippen molar-refractivity contribution in [2.45, 2.75) is 0 Å². The molecule has 0 aliphatic carbocycles. The zero-order chi connectivity index (χ0) is 45.2. The van der Waals surface area contributed by atoms with Gasteiger partial charge in [-0.3, -0.25) is 0 Å². The third-order valence-electron chi connectivity index (χ3n) is 14.4. The van der Waals surface area contributed by atoms with Crippen LogP contribution in [0.5, 0.6) is 0 Å². The highest BCUT2D eigenvalue weighted by Gasteiger charge is 2.22. The zero-order valence-corrected chi connectivity index (χ0v) is 37.3. The highest BCUT2D eigenvalue weighted by Crippen LogP contribution is 2.43. The summed E-state index contributed by atoms with van der Waals surface area (Å²) in [7, 11) is 0. The molecule has 4 aromatic heterocycles. The minimum Gasteiger partial charge on any atom is -0.309 e. The van der Waals surface area contributed by atoms with Crippen LogP contribution in [0.1, 0.15) is 0 Å². The minimum atomic E-state index is 0.849. The molecule has 0 saturated heterocycles. The fourth-order valence-electron chi connectivity index (χ4n) is 11.3. The van der Waals surface area contributed by atoms with Gasteiger partial charge in [0.2, 0.25) is 0 Å². The molecule has 0 bridgehead atoms. The minimum absolute atomic E-state index is 0.849. The van der Waals surface area contributed by atoms with Crippen LogP contribution in [0.25, 0.3) is 138 Å². The highest BCUT2D eigenvalue weighted by atomic mass is 15.0. The first-order chi connectivity index (χ1) is 34.2. The molecule has 5 nitrogen and oxygen atoms in total. The van der Waals surface area contributed by atoms with Crippen LogP contribution in [-0.4, -0.2) is 23.7 Å². The molecule has 0 aliphatic rings. The molecule has 0 unspecified atom stereocenters. The van der Waals surface area contributed by atoms with E-state index in [0.29, 0.717) is 0 Å². The van der Waals surface area contributed by atoms with Gasteiger partial charge in [-0.1, -0.05) is 146 Å². The summed E-state index contributed by atoms with van der Waals surface area (Å²) >= 11 is 0. The number of benzene rings is 11. The van der Waals surface area contributed by atoms with Gasteiger partial charge < -0.3 is 13.7 Å². The molecule has 69 heavy (non-hydrogen) atoms. The Kier molecular flexibility index (Phi) is 8.00. The summed E-state index contributed by atoms with van der Waals surface area (Å²) in [6.45, 7) is 0. The Morgan fingerprint density at radius 1 is 0.261 bits per heavy atom. The summed E-state index contributed by atoms with van der Waals surface area (Å²) in [5.74, 6) is 0. The second-order valence-corrected chi connectivity index (χ2v) is 18.1. The van der Waals surface area contributed by atoms with Crippen molar-refractivity contribution in [3.63, 3.8) is 0 Å². The van der Waals surface area contributed by atoms with Crippen molar-refractivity contribution in [3.8, 4) is 39.6 Å². The van der Waals surface area contributed by atoms with E-state index in [1.54, 1.807) is 0 Å². The van der Waals surface area contributed by atoms with Crippen LogP contribution in [-0.2, 0) is 0 Å². The number of hydrogen-bond donors (Lipinski definition) is 0. The van der Waals surface area contributed by atoms with Crippen molar-refractivity contribution in [2.75, 3.05) is 0 Å². The van der Waals surface area contributed by atoms with Crippen LogP contribution in [0.2, 0.25) is 0 Å². The average Bonchev–Trinajstić information content (AvgIpc) is 4.05. The Morgan fingerprint density at radius 3 is 1.43 bits per heavy atom. The summed E-state index contributed by atoms with van der Waals surface area (Å²) in [5, 5.41) is 12.0. The van der Waals surface area contributed by atoms with E-state index >= 15 is 0 Å². The number of nitrogens with zero attached hydrogens (tertiary/aromatic N) is 5. The predicted octanol–water partition coefficient (Wildman–Crippen LogP) is 16.6. The number of rotatable bonds is 5. The molecule has 0 saturated carbocycles. The van der Waals surface area contributed by atoms with Crippen LogP contribution in [0.15, 0.2) is 237 Å². The van der Waals surface area contributed by atoms with E-state index in [1.807, 2.05) is 12.1 Å². The Bertz CT molecular complexity index is 4560. The molecule has 0 atom stereocenters. The lowest BCUT2D eigenvalue weighted by molar-refractivity contribution is 1.18. The standard InChI is InChI=1S/C64H39N5/c1-2-16-43(17-3-1)67-56-26-12-8-22-49(56)51-33-31-41(39-61(51)67)63-64(66-55-25-11-10-24-54(55)65-63)52-34-35-60(46-19-5-4-18-45(46)52)69-59-29-15-9-23-50(59)53-37-42-36-44(32-30-40(42)38-62(53)69)68-57-27-13-6-20-47(57)48-21-7-14-28-58(48)68/h1-39H. The number of fused-ring (bicyclic) bond motifs is 12. The lowest BCUT2D eigenvalue weighted by atomic mass is 9.96. The summed E-state index contributed by atoms with van der Waals surface area (Å²) in [6, 6.07) is 85.6. The summed E-state index contributed by atoms with van der Waals surface area (Å²) in [6.07, 6.45) is 0. The number of aromatic nitrogens is 5. The van der Waals surface area contributed by atoms with E-state index < -0.39 is 0 Å². The van der Waals surface area contributed by atoms with Crippen molar-refractivity contribution in [3.05, 3.63) is 237 Å². The molecule has 15 aromatic rings. The Labute approximate surface area is 396 Å². The zero-order valence-electron chi connectivity index (χ0n) is 37.3. The van der Waals surface area contributed by atoms with E-state index in [2.05, 4.69) is 238 Å². The molecule has 320 valence electrons. The number of hydrogen-bond acceptors (Lipinski definition) is 2. The molecule has 15 rings (SSSR count). The van der Waals surface area contributed by atoms with E-state index in [4.69, 9.17) is 9.97 Å². The first-order valence-electron chi connectivity index (χ1n) is 23.6. The lowest BCUT2D eigenvalue weighted by Crippen LogP contribution is -1.99. The van der Waals surface area contributed by atoms with Gasteiger partial charge in [-0.15, -0.1) is 0 Å². The molecule has 0 aliphatic heterocycles. The maximum atomic E-state index is 5.48. The monoisotopic (exact) mass is 877 g/mol. The van der Waals surface area contributed by atoms with Gasteiger partial charge in [0.15, 0.2) is 0 Å². The van der Waals surface area contributed by atoms with Crippen molar-refractivity contribution in [1.82, 2.24) is 23.7 Å². The average molecular weight is 878 g/mol. The normalized spacial score (nSPS) is 12.1. The van der Waals surface area contributed by atoms with Crippen LogP contribution in [0.3, 0.4) is 0 Å². The van der Waals surface area contributed by atoms with Crippen molar-refractivity contribution >= 4 is 98.0 Å². The van der Waals surface area contributed by atoms with Crippen LogP contribution >= 0.6 is 0 Å². The van der Waals surface area contributed by atoms with Gasteiger partial charge in [0, 0.05) is 60.2 Å². The summed E-state index contributed by atoms with van der Waals surface area (Å²) in [4.78, 5) is 10.9. The molecule has 4 heterocycles. The van der Waals surface area contributed by atoms with Gasteiger partial charge in [-0.05, 0) is 107 Å². The van der Waals surface area contributed by atoms with Crippen LogP contribution < -0.4 is 0 Å². The molecular weight excluding hydrogens is 839 g/mol. The molecule has 0 spiro atoms. The SMILES string of the molecule is c1ccc(-n2c3ccccc3c3ccc(-c4nc5ccccc5nc4-c4ccc(-n5c6ccccc6c6cc7cc(-n8c9ccccc9c9ccccc98)ccc7cc65)c5ccccc45)cc32)cc1. The van der Waals surface area contributed by atoms with Gasteiger partial charge in [0.05, 0.1) is 61.2 Å². The first-order valence-corrected chi connectivity index (χ1v) is 23.6. The first kappa shape index (κ1) is 37.9. The third-order valence-corrected chi connectivity index (χ3v) is 14.4. The van der Waals surface area contributed by atoms with Gasteiger partial charge in [0.1, 0.15) is 0 Å². The topological polar surface area (TPSA) is 40.6 Å². The Hall–Kier alpha value is -9.32. The second kappa shape index (κ2) is 14.6. The Morgan fingerprint density at radius 2 is 0.768 bits per heavy atom. The fourth-order valence-corrected chi connectivity index (χ4v) is 11.3. The van der Waals surface area contributed by atoms with E-state index in [0.717, 1.165) is 72.4 Å². The molecule has 0 fully saturated rings. The predicted molar refractivity (Wildman–Crippen MR) is 288 cm³/mol. The third kappa shape index (κ3) is 5.59. The van der Waals surface area contributed by atoms with Crippen LogP contribution in [0.4, 0.5) is 0 Å². The van der Waals surface area contributed by atoms with Crippen molar-refractivity contribution in [2.24, 2.45) is 0 Å². The Balaban J connectivity index is 0.933. The quantitative estimate of drug-likeness (QED) is 0.173. The summed E-state index contributed by atoms with van der Waals surface area (Å²) in [5.41, 5.74) is 15.9. The highest BCUT2D eigenvalue weighted by molar-refractivity contribution is 6.16. The van der Waals surface area contributed by atoms with Gasteiger partial charge in [-0.2, -0.15) is 0 Å². The van der Waals surface area contributed by atoms with E-state index in [1.165, 1.54) is 65.2 Å². The summed E-state index contributed by atoms with van der Waals surface area (Å²) < 4.78 is 7.23. The molecule has 11 aromatic carbocycles. The maximum absolute atomic E-state index is 5.48. The largest absolute Gasteiger partial charge is 0.309 e. The molecule has 0 radical (unpaired) electrons. The van der Waals surface area contributed by atoms with Crippen molar-refractivity contribution < 1.29 is 0 Å². The second-order valence-electron chi connectivity index (χ2n) is 18.1. The lowest BCUT2D eigenvalue weighted by Gasteiger charge is -2.17. The van der Waals surface area contributed by atoms with Gasteiger partial charge in [-0.25, -0.2) is 9.97 Å². The maximum Gasteiger partial charge on any atom is 0.0979 e. The van der Waals surface area contributed by atoms with Gasteiger partial charge >= 0.3 is 0 Å². The fraction of sp³-hybridized carbons (Fsp3) is 0. The molecular formula is C64H39N5. The molecule has 0 amide bonds. The molecule has 0 N–H and O–H groups in total. The number of para-hydroxylation sites is 7. The smallest absolute Gasteiger partial charge is 0.0979 e.